The van der Waals surface area contributed by atoms with Crippen LogP contribution in [0.5, 0.6) is 0 Å². The maximum Gasteiger partial charge on any atom is 0.205 e. The molecule has 1 aliphatic carbocycles. The van der Waals surface area contributed by atoms with Gasteiger partial charge in [-0.15, -0.1) is 10.2 Å². The van der Waals surface area contributed by atoms with Crippen LogP contribution in [-0.4, -0.2) is 16.7 Å². The van der Waals surface area contributed by atoms with Gasteiger partial charge in [0.2, 0.25) is 5.13 Å². The molecule has 4 heteroatoms. The lowest BCUT2D eigenvalue weighted by molar-refractivity contribution is 0.333. The van der Waals surface area contributed by atoms with E-state index >= 15 is 0 Å². The first kappa shape index (κ1) is 9.90. The highest BCUT2D eigenvalue weighted by Gasteiger charge is 2.17. The van der Waals surface area contributed by atoms with Crippen LogP contribution in [0, 0.1) is 5.92 Å². The predicted molar refractivity (Wildman–Crippen MR) is 59.8 cm³/mol. The molecule has 1 aromatic rings. The standard InChI is InChI=1S/C10H17N3S/c1-7(2)9-12-13-10(14-9)11-6-8-4-3-5-8/h7-8H,3-6H2,1-2H3,(H,11,13). The Morgan fingerprint density at radius 3 is 2.71 bits per heavy atom. The lowest BCUT2D eigenvalue weighted by Crippen LogP contribution is -2.20. The summed E-state index contributed by atoms with van der Waals surface area (Å²) < 4.78 is 0. The maximum absolute atomic E-state index is 4.14. The smallest absolute Gasteiger partial charge is 0.205 e. The van der Waals surface area contributed by atoms with Crippen molar-refractivity contribution >= 4 is 16.5 Å². The second-order valence-electron chi connectivity index (χ2n) is 4.28. The molecule has 14 heavy (non-hydrogen) atoms. The topological polar surface area (TPSA) is 37.8 Å². The third-order valence-corrected chi connectivity index (χ3v) is 3.88. The fourth-order valence-electron chi connectivity index (χ4n) is 1.47. The zero-order valence-corrected chi connectivity index (χ0v) is 9.60. The van der Waals surface area contributed by atoms with Gasteiger partial charge >= 0.3 is 0 Å². The van der Waals surface area contributed by atoms with E-state index in [4.69, 9.17) is 0 Å². The van der Waals surface area contributed by atoms with Gasteiger partial charge in [0.1, 0.15) is 5.01 Å². The fraction of sp³-hybridized carbons (Fsp3) is 0.800. The minimum Gasteiger partial charge on any atom is -0.360 e. The van der Waals surface area contributed by atoms with Crippen LogP contribution in [0.3, 0.4) is 0 Å². The highest BCUT2D eigenvalue weighted by molar-refractivity contribution is 7.15. The molecule has 0 aliphatic heterocycles. The van der Waals surface area contributed by atoms with Gasteiger partial charge in [-0.2, -0.15) is 0 Å². The second kappa shape index (κ2) is 4.26. The van der Waals surface area contributed by atoms with Crippen LogP contribution in [-0.2, 0) is 0 Å². The van der Waals surface area contributed by atoms with Crippen molar-refractivity contribution in [3.63, 3.8) is 0 Å². The molecule has 1 aliphatic rings. The monoisotopic (exact) mass is 211 g/mol. The van der Waals surface area contributed by atoms with Gasteiger partial charge in [0.05, 0.1) is 0 Å². The average molecular weight is 211 g/mol. The van der Waals surface area contributed by atoms with E-state index in [0.29, 0.717) is 5.92 Å². The number of aromatic nitrogens is 2. The summed E-state index contributed by atoms with van der Waals surface area (Å²) >= 11 is 1.68. The average Bonchev–Trinajstić information content (AvgIpc) is 2.50. The molecule has 0 saturated heterocycles. The molecule has 1 aromatic heterocycles. The quantitative estimate of drug-likeness (QED) is 0.832. The Hall–Kier alpha value is -0.640. The van der Waals surface area contributed by atoms with Gasteiger partial charge in [-0.05, 0) is 18.8 Å². The predicted octanol–water partition coefficient (Wildman–Crippen LogP) is 2.87. The third kappa shape index (κ3) is 2.23. The SMILES string of the molecule is CC(C)c1nnc(NCC2CCC2)s1. The molecular weight excluding hydrogens is 194 g/mol. The normalized spacial score (nSPS) is 17.1. The summed E-state index contributed by atoms with van der Waals surface area (Å²) in [5, 5.41) is 13.7. The Bertz CT molecular complexity index is 291. The summed E-state index contributed by atoms with van der Waals surface area (Å²) in [6.45, 7) is 5.37. The lowest BCUT2D eigenvalue weighted by Gasteiger charge is -2.24. The first-order chi connectivity index (χ1) is 6.75. The lowest BCUT2D eigenvalue weighted by atomic mass is 9.86. The molecule has 0 atom stereocenters. The minimum absolute atomic E-state index is 0.492. The highest BCUT2D eigenvalue weighted by atomic mass is 32.1. The molecule has 0 aromatic carbocycles. The molecule has 0 bridgehead atoms. The van der Waals surface area contributed by atoms with E-state index in [-0.39, 0.29) is 0 Å². The Morgan fingerprint density at radius 2 is 2.21 bits per heavy atom. The van der Waals surface area contributed by atoms with Gasteiger partial charge in [0.25, 0.3) is 0 Å². The van der Waals surface area contributed by atoms with Crippen LogP contribution in [0.25, 0.3) is 0 Å². The van der Waals surface area contributed by atoms with Crippen molar-refractivity contribution in [2.45, 2.75) is 39.0 Å². The van der Waals surface area contributed by atoms with E-state index in [9.17, 15) is 0 Å². The second-order valence-corrected chi connectivity index (χ2v) is 5.29. The largest absolute Gasteiger partial charge is 0.360 e. The van der Waals surface area contributed by atoms with Crippen molar-refractivity contribution in [1.82, 2.24) is 10.2 Å². The van der Waals surface area contributed by atoms with Crippen LogP contribution in [0.15, 0.2) is 0 Å². The molecule has 0 amide bonds. The molecule has 78 valence electrons. The Labute approximate surface area is 88.9 Å². The summed E-state index contributed by atoms with van der Waals surface area (Å²) in [6.07, 6.45) is 4.16. The molecule has 3 nitrogen and oxygen atoms in total. The van der Waals surface area contributed by atoms with E-state index in [1.54, 1.807) is 11.3 Å². The zero-order chi connectivity index (χ0) is 9.97. The first-order valence-corrected chi connectivity index (χ1v) is 6.14. The number of nitrogens with one attached hydrogen (secondary N) is 1. The van der Waals surface area contributed by atoms with Gasteiger partial charge in [-0.1, -0.05) is 31.6 Å². The Morgan fingerprint density at radius 1 is 1.43 bits per heavy atom. The number of hydrogen-bond acceptors (Lipinski definition) is 4. The Balaban J connectivity index is 1.83. The van der Waals surface area contributed by atoms with Gasteiger partial charge in [0, 0.05) is 12.5 Å². The molecule has 0 spiro atoms. The van der Waals surface area contributed by atoms with Gasteiger partial charge in [-0.3, -0.25) is 0 Å². The van der Waals surface area contributed by atoms with Crippen molar-refractivity contribution in [2.24, 2.45) is 5.92 Å². The fourth-order valence-corrected chi connectivity index (χ4v) is 2.22. The molecule has 1 fully saturated rings. The summed E-state index contributed by atoms with van der Waals surface area (Å²) in [6, 6.07) is 0. The maximum atomic E-state index is 4.14. The number of anilines is 1. The summed E-state index contributed by atoms with van der Waals surface area (Å²) in [5.74, 6) is 1.37. The van der Waals surface area contributed by atoms with E-state index in [2.05, 4.69) is 29.4 Å². The summed E-state index contributed by atoms with van der Waals surface area (Å²) in [7, 11) is 0. The van der Waals surface area contributed by atoms with E-state index in [1.807, 2.05) is 0 Å². The van der Waals surface area contributed by atoms with Gasteiger partial charge in [0.15, 0.2) is 0 Å². The van der Waals surface area contributed by atoms with Crippen LogP contribution in [0.1, 0.15) is 44.0 Å². The van der Waals surface area contributed by atoms with Crippen LogP contribution in [0.2, 0.25) is 0 Å². The summed E-state index contributed by atoms with van der Waals surface area (Å²) in [4.78, 5) is 0. The summed E-state index contributed by atoms with van der Waals surface area (Å²) in [5.41, 5.74) is 0. The van der Waals surface area contributed by atoms with E-state index < -0.39 is 0 Å². The highest BCUT2D eigenvalue weighted by Crippen LogP contribution is 2.28. The molecule has 1 heterocycles. The van der Waals surface area contributed by atoms with Gasteiger partial charge < -0.3 is 5.32 Å². The van der Waals surface area contributed by atoms with E-state index in [1.165, 1.54) is 19.3 Å². The molecule has 0 unspecified atom stereocenters. The number of hydrogen-bond donors (Lipinski definition) is 1. The van der Waals surface area contributed by atoms with Crippen LogP contribution in [0.4, 0.5) is 5.13 Å². The van der Waals surface area contributed by atoms with Crippen molar-refractivity contribution in [3.05, 3.63) is 5.01 Å². The molecule has 1 N–H and O–H groups in total. The van der Waals surface area contributed by atoms with Crippen molar-refractivity contribution in [2.75, 3.05) is 11.9 Å². The van der Waals surface area contributed by atoms with Crippen LogP contribution < -0.4 is 5.32 Å². The zero-order valence-electron chi connectivity index (χ0n) is 8.79. The molecule has 0 radical (unpaired) electrons. The van der Waals surface area contributed by atoms with Crippen LogP contribution >= 0.6 is 11.3 Å². The Kier molecular flexibility index (Phi) is 3.01. The van der Waals surface area contributed by atoms with Crippen molar-refractivity contribution < 1.29 is 0 Å². The van der Waals surface area contributed by atoms with Crippen molar-refractivity contribution in [3.8, 4) is 0 Å². The van der Waals surface area contributed by atoms with E-state index in [0.717, 1.165) is 22.6 Å². The number of rotatable bonds is 4. The minimum atomic E-state index is 0.492. The molecule has 2 rings (SSSR count). The van der Waals surface area contributed by atoms with Gasteiger partial charge in [-0.25, -0.2) is 0 Å². The van der Waals surface area contributed by atoms with Crippen molar-refractivity contribution in [1.29, 1.82) is 0 Å². The molecule has 1 saturated carbocycles. The third-order valence-electron chi connectivity index (χ3n) is 2.70. The number of nitrogens with zero attached hydrogens (tertiary/aromatic N) is 2. The molecular formula is C10H17N3S. The first-order valence-electron chi connectivity index (χ1n) is 5.33.